The average Bonchev–Trinajstić information content (AvgIpc) is 3.85. The maximum Gasteiger partial charge on any atom is 0.189 e. The van der Waals surface area contributed by atoms with Crippen molar-refractivity contribution in [2.45, 2.75) is 0 Å². The van der Waals surface area contributed by atoms with Gasteiger partial charge in [-0.3, -0.25) is 0 Å². The molecule has 2 aromatic heterocycles. The largest absolute Gasteiger partial charge is 0.308 e. The highest BCUT2D eigenvalue weighted by molar-refractivity contribution is 6.12. The number of hydrogen-bond donors (Lipinski definition) is 0. The molecule has 8 nitrogen and oxygen atoms in total. The summed E-state index contributed by atoms with van der Waals surface area (Å²) in [6, 6.07) is 59.3. The van der Waals surface area contributed by atoms with E-state index in [-0.39, 0.29) is 0 Å². The lowest BCUT2D eigenvalue weighted by atomic mass is 9.98. The van der Waals surface area contributed by atoms with Crippen LogP contribution in [0.2, 0.25) is 0 Å². The lowest BCUT2D eigenvalue weighted by Crippen LogP contribution is -2.05. The Bertz CT molecular complexity index is 3560. The number of para-hydroxylation sites is 2. The molecule has 0 spiro atoms. The summed E-state index contributed by atoms with van der Waals surface area (Å²) in [6.07, 6.45) is 0. The van der Waals surface area contributed by atoms with Crippen molar-refractivity contribution in [2.75, 3.05) is 0 Å². The van der Waals surface area contributed by atoms with Gasteiger partial charge in [-0.2, -0.15) is 21.0 Å². The molecule has 0 amide bonds. The van der Waals surface area contributed by atoms with Crippen LogP contribution in [0.5, 0.6) is 0 Å². The first-order valence-electron chi connectivity index (χ1n) is 19.5. The minimum Gasteiger partial charge on any atom is -0.308 e. The normalized spacial score (nSPS) is 10.8. The summed E-state index contributed by atoms with van der Waals surface area (Å²) in [7, 11) is 0. The number of nitriles is 4. The van der Waals surface area contributed by atoms with E-state index in [9.17, 15) is 21.0 Å². The third-order valence-corrected chi connectivity index (χ3v) is 11.4. The number of rotatable bonds is 5. The Morgan fingerprint density at radius 3 is 1.26 bits per heavy atom. The van der Waals surface area contributed by atoms with Crippen molar-refractivity contribution in [1.29, 1.82) is 21.0 Å². The molecule has 8 aromatic carbocycles. The summed E-state index contributed by atoms with van der Waals surface area (Å²) in [4.78, 5) is 7.21. The van der Waals surface area contributed by atoms with Crippen molar-refractivity contribution in [3.63, 3.8) is 0 Å². The van der Waals surface area contributed by atoms with Crippen molar-refractivity contribution in [3.05, 3.63) is 203 Å². The minimum atomic E-state index is 0.383. The zero-order valence-electron chi connectivity index (χ0n) is 32.6. The van der Waals surface area contributed by atoms with Gasteiger partial charge in [0.25, 0.3) is 0 Å². The van der Waals surface area contributed by atoms with E-state index in [2.05, 4.69) is 67.4 Å². The molecule has 0 aliphatic rings. The van der Waals surface area contributed by atoms with Gasteiger partial charge in [0.2, 0.25) is 0 Å². The molecule has 0 bridgehead atoms. The van der Waals surface area contributed by atoms with Gasteiger partial charge in [-0.25, -0.2) is 9.69 Å². The molecule has 10 rings (SSSR count). The molecular weight excluding hydrogens is 761 g/mol. The highest BCUT2D eigenvalue weighted by Gasteiger charge is 2.23. The first kappa shape index (κ1) is 36.6. The van der Waals surface area contributed by atoms with E-state index in [4.69, 9.17) is 13.1 Å². The Morgan fingerprint density at radius 2 is 0.790 bits per heavy atom. The second kappa shape index (κ2) is 14.6. The molecule has 0 aliphatic carbocycles. The molecule has 0 saturated carbocycles. The standard InChI is InChI=1S/C54H26N8/c1-59-42-21-34(30-56)19-39(23-42)37-14-16-51-46(25-37)44-10-3-5-12-49(44)61(51)53-27-41(36-9-7-8-33(18-36)29-55)28-54(48(53)32-58)62-50-13-6-4-11-45(50)47-26-38(15-17-52(47)62)40-20-35(31-57)22-43(24-40)60-2/h3-28H. The third-order valence-electron chi connectivity index (χ3n) is 11.4. The average molecular weight is 787 g/mol. The summed E-state index contributed by atoms with van der Waals surface area (Å²) in [5.41, 5.74) is 12.1. The van der Waals surface area contributed by atoms with Crippen LogP contribution >= 0.6 is 0 Å². The zero-order chi connectivity index (χ0) is 42.5. The fraction of sp³-hybridized carbons (Fsp3) is 0. The highest BCUT2D eigenvalue weighted by Crippen LogP contribution is 2.42. The molecule has 8 heteroatoms. The minimum absolute atomic E-state index is 0.383. The molecule has 0 aliphatic heterocycles. The maximum absolute atomic E-state index is 11.4. The SMILES string of the molecule is [C-]#[N+]c1cc(C#N)cc(-c2ccc3c(c2)c2ccccc2n3-c2cc(-c3cccc(C#N)c3)cc(-n3c4ccccc4c4cc(-c5cc(C#N)cc([N+]#[C-])c5)ccc43)c2C#N)c1. The van der Waals surface area contributed by atoms with E-state index < -0.39 is 0 Å². The maximum atomic E-state index is 11.4. The van der Waals surface area contributed by atoms with E-state index in [1.165, 1.54) is 0 Å². The Balaban J connectivity index is 1.28. The van der Waals surface area contributed by atoms with Crippen LogP contribution in [0.1, 0.15) is 22.3 Å². The second-order valence-corrected chi connectivity index (χ2v) is 14.8. The van der Waals surface area contributed by atoms with Gasteiger partial charge in [-0.1, -0.05) is 60.7 Å². The van der Waals surface area contributed by atoms with Gasteiger partial charge in [-0.05, 0) is 130 Å². The Kier molecular flexibility index (Phi) is 8.62. The summed E-state index contributed by atoms with van der Waals surface area (Å²) < 4.78 is 4.24. The first-order valence-corrected chi connectivity index (χ1v) is 19.5. The van der Waals surface area contributed by atoms with Crippen molar-refractivity contribution < 1.29 is 0 Å². The fourth-order valence-corrected chi connectivity index (χ4v) is 8.65. The van der Waals surface area contributed by atoms with Crippen LogP contribution in [0.25, 0.3) is 98.1 Å². The monoisotopic (exact) mass is 786 g/mol. The van der Waals surface area contributed by atoms with Gasteiger partial charge < -0.3 is 9.13 Å². The van der Waals surface area contributed by atoms with Crippen LogP contribution in [-0.4, -0.2) is 9.13 Å². The van der Waals surface area contributed by atoms with E-state index in [0.717, 1.165) is 77.0 Å². The number of aromatic nitrogens is 2. The molecule has 0 fully saturated rings. The van der Waals surface area contributed by atoms with Crippen LogP contribution in [0.15, 0.2) is 158 Å². The molecule has 10 aromatic rings. The Morgan fingerprint density at radius 1 is 0.355 bits per heavy atom. The van der Waals surface area contributed by atoms with Gasteiger partial charge in [0.05, 0.1) is 70.4 Å². The fourth-order valence-electron chi connectivity index (χ4n) is 8.65. The predicted octanol–water partition coefficient (Wildman–Crippen LogP) is 13.5. The predicted molar refractivity (Wildman–Crippen MR) is 243 cm³/mol. The Hall–Kier alpha value is -9.70. The highest BCUT2D eigenvalue weighted by atomic mass is 15.0. The van der Waals surface area contributed by atoms with Gasteiger partial charge in [-0.15, -0.1) is 0 Å². The molecule has 0 saturated heterocycles. The van der Waals surface area contributed by atoms with Crippen molar-refractivity contribution in [3.8, 4) is 69.0 Å². The van der Waals surface area contributed by atoms with Crippen LogP contribution < -0.4 is 0 Å². The first-order chi connectivity index (χ1) is 30.4. The van der Waals surface area contributed by atoms with Crippen LogP contribution in [-0.2, 0) is 0 Å². The van der Waals surface area contributed by atoms with Crippen LogP contribution in [0.4, 0.5) is 11.4 Å². The number of hydrogen-bond acceptors (Lipinski definition) is 4. The third kappa shape index (κ3) is 5.87. The van der Waals surface area contributed by atoms with Gasteiger partial charge in [0, 0.05) is 32.7 Å². The van der Waals surface area contributed by atoms with Crippen LogP contribution in [0.3, 0.4) is 0 Å². The summed E-state index contributed by atoms with van der Waals surface area (Å²) >= 11 is 0. The van der Waals surface area contributed by atoms with Gasteiger partial charge in [0.15, 0.2) is 11.4 Å². The molecule has 0 N–H and O–H groups in total. The van der Waals surface area contributed by atoms with Crippen molar-refractivity contribution >= 4 is 55.0 Å². The van der Waals surface area contributed by atoms with Gasteiger partial charge in [0.1, 0.15) is 11.6 Å². The molecule has 2 heterocycles. The quantitative estimate of drug-likeness (QED) is 0.162. The topological polar surface area (TPSA) is 114 Å². The second-order valence-electron chi connectivity index (χ2n) is 14.8. The molecule has 0 unspecified atom stereocenters. The summed E-state index contributed by atoms with van der Waals surface area (Å²) in [6.45, 7) is 15.3. The van der Waals surface area contributed by atoms with E-state index in [1.807, 2.05) is 91.0 Å². The number of nitrogens with zero attached hydrogens (tertiary/aromatic N) is 8. The van der Waals surface area contributed by atoms with E-state index in [1.54, 1.807) is 42.5 Å². The van der Waals surface area contributed by atoms with Crippen molar-refractivity contribution in [2.24, 2.45) is 0 Å². The van der Waals surface area contributed by atoms with E-state index >= 15 is 0 Å². The van der Waals surface area contributed by atoms with Crippen molar-refractivity contribution in [1.82, 2.24) is 9.13 Å². The smallest absolute Gasteiger partial charge is 0.189 e. The Labute approximate surface area is 355 Å². The van der Waals surface area contributed by atoms with Crippen LogP contribution in [0, 0.1) is 58.5 Å². The number of benzene rings is 8. The van der Waals surface area contributed by atoms with Gasteiger partial charge >= 0.3 is 0 Å². The number of fused-ring (bicyclic) bond motifs is 6. The lowest BCUT2D eigenvalue weighted by molar-refractivity contribution is 1.12. The summed E-state index contributed by atoms with van der Waals surface area (Å²) in [5.74, 6) is 0. The summed E-state index contributed by atoms with van der Waals surface area (Å²) in [5, 5.41) is 44.6. The molecular formula is C54H26N8. The zero-order valence-corrected chi connectivity index (χ0v) is 32.6. The molecule has 0 atom stereocenters. The molecule has 62 heavy (non-hydrogen) atoms. The molecule has 0 radical (unpaired) electrons. The van der Waals surface area contributed by atoms with E-state index in [0.29, 0.717) is 45.0 Å². The lowest BCUT2D eigenvalue weighted by Gasteiger charge is -2.18. The molecule has 282 valence electrons.